The number of ether oxygens (including phenoxy) is 1. The number of carbonyl (C=O) groups excluding carboxylic acids is 3. The molecule has 7 heteroatoms. The molecule has 3 rings (SSSR count). The van der Waals surface area contributed by atoms with Crippen LogP contribution in [0.25, 0.3) is 10.9 Å². The van der Waals surface area contributed by atoms with Gasteiger partial charge in [0.1, 0.15) is 0 Å². The van der Waals surface area contributed by atoms with Gasteiger partial charge in [0.15, 0.2) is 6.61 Å². The number of amides is 3. The number of rotatable bonds is 4. The van der Waals surface area contributed by atoms with Crippen molar-refractivity contribution in [3.63, 3.8) is 0 Å². The van der Waals surface area contributed by atoms with E-state index >= 15 is 0 Å². The number of hydrogen-bond acceptors (Lipinski definition) is 5. The highest BCUT2D eigenvalue weighted by atomic mass is 16.5. The van der Waals surface area contributed by atoms with Crippen molar-refractivity contribution in [2.75, 3.05) is 6.61 Å². The SMILES string of the molecule is Cc1ccc2nc(C)c(C(=O)OCC(=O)NC(=O)NC3CCCC3)cc2c1. The molecule has 3 amide bonds. The van der Waals surface area contributed by atoms with Gasteiger partial charge < -0.3 is 10.1 Å². The first kappa shape index (κ1) is 18.8. The topological polar surface area (TPSA) is 97.4 Å². The summed E-state index contributed by atoms with van der Waals surface area (Å²) in [5, 5.41) is 5.75. The molecule has 0 radical (unpaired) electrons. The number of imide groups is 1. The second kappa shape index (κ2) is 8.16. The largest absolute Gasteiger partial charge is 0.452 e. The molecule has 1 aromatic carbocycles. The number of carbonyl (C=O) groups is 3. The Balaban J connectivity index is 1.56. The monoisotopic (exact) mass is 369 g/mol. The molecule has 1 saturated carbocycles. The third-order valence-corrected chi connectivity index (χ3v) is 4.66. The number of fused-ring (bicyclic) bond motifs is 1. The zero-order chi connectivity index (χ0) is 19.4. The number of aryl methyl sites for hydroxylation is 2. The fraction of sp³-hybridized carbons (Fsp3) is 0.400. The minimum Gasteiger partial charge on any atom is -0.452 e. The lowest BCUT2D eigenvalue weighted by Gasteiger charge is -2.12. The van der Waals surface area contributed by atoms with Crippen LogP contribution in [0.15, 0.2) is 24.3 Å². The van der Waals surface area contributed by atoms with Crippen molar-refractivity contribution in [2.45, 2.75) is 45.6 Å². The van der Waals surface area contributed by atoms with Crippen LogP contribution in [0, 0.1) is 13.8 Å². The molecule has 0 bridgehead atoms. The number of pyridine rings is 1. The lowest BCUT2D eigenvalue weighted by molar-refractivity contribution is -0.123. The summed E-state index contributed by atoms with van der Waals surface area (Å²) in [4.78, 5) is 40.3. The second-order valence-corrected chi connectivity index (χ2v) is 6.90. The molecule has 0 atom stereocenters. The van der Waals surface area contributed by atoms with Crippen LogP contribution < -0.4 is 10.6 Å². The quantitative estimate of drug-likeness (QED) is 0.808. The third-order valence-electron chi connectivity index (χ3n) is 4.66. The number of aromatic nitrogens is 1. The highest BCUT2D eigenvalue weighted by Gasteiger charge is 2.19. The number of nitrogens with zero attached hydrogens (tertiary/aromatic N) is 1. The molecule has 2 N–H and O–H groups in total. The Morgan fingerprint density at radius 2 is 1.89 bits per heavy atom. The summed E-state index contributed by atoms with van der Waals surface area (Å²) in [6, 6.07) is 7.03. The Labute approximate surface area is 157 Å². The van der Waals surface area contributed by atoms with Crippen molar-refractivity contribution in [2.24, 2.45) is 0 Å². The first-order valence-electron chi connectivity index (χ1n) is 9.08. The van der Waals surface area contributed by atoms with E-state index < -0.39 is 24.5 Å². The molecule has 0 saturated heterocycles. The van der Waals surface area contributed by atoms with Gasteiger partial charge in [-0.15, -0.1) is 0 Å². The van der Waals surface area contributed by atoms with Crippen molar-refractivity contribution in [3.05, 3.63) is 41.1 Å². The fourth-order valence-electron chi connectivity index (χ4n) is 3.26. The van der Waals surface area contributed by atoms with Gasteiger partial charge in [-0.05, 0) is 44.9 Å². The Kier molecular flexibility index (Phi) is 5.69. The van der Waals surface area contributed by atoms with E-state index in [0.29, 0.717) is 11.3 Å². The maximum atomic E-state index is 12.3. The van der Waals surface area contributed by atoms with Gasteiger partial charge in [-0.3, -0.25) is 15.1 Å². The zero-order valence-corrected chi connectivity index (χ0v) is 15.5. The van der Waals surface area contributed by atoms with Crippen LogP contribution >= 0.6 is 0 Å². The Bertz CT molecular complexity index is 888. The number of hydrogen-bond donors (Lipinski definition) is 2. The number of benzene rings is 1. The maximum absolute atomic E-state index is 12.3. The van der Waals surface area contributed by atoms with Gasteiger partial charge in [0, 0.05) is 11.4 Å². The lowest BCUT2D eigenvalue weighted by atomic mass is 10.1. The van der Waals surface area contributed by atoms with E-state index in [4.69, 9.17) is 4.74 Å². The molecular formula is C20H23N3O4. The summed E-state index contributed by atoms with van der Waals surface area (Å²) in [7, 11) is 0. The van der Waals surface area contributed by atoms with Crippen molar-refractivity contribution in [3.8, 4) is 0 Å². The average molecular weight is 369 g/mol. The zero-order valence-electron chi connectivity index (χ0n) is 15.5. The van der Waals surface area contributed by atoms with Crippen molar-refractivity contribution in [1.82, 2.24) is 15.6 Å². The minimum absolute atomic E-state index is 0.107. The van der Waals surface area contributed by atoms with E-state index in [1.54, 1.807) is 13.0 Å². The molecule has 142 valence electrons. The van der Waals surface area contributed by atoms with Crippen molar-refractivity contribution >= 4 is 28.8 Å². The van der Waals surface area contributed by atoms with Crippen LogP contribution in [0.3, 0.4) is 0 Å². The minimum atomic E-state index is -0.666. The predicted octanol–water partition coefficient (Wildman–Crippen LogP) is 2.78. The van der Waals surface area contributed by atoms with Crippen molar-refractivity contribution < 1.29 is 19.1 Å². The molecule has 7 nitrogen and oxygen atoms in total. The Hall–Kier alpha value is -2.96. The van der Waals surface area contributed by atoms with Crippen molar-refractivity contribution in [1.29, 1.82) is 0 Å². The van der Waals surface area contributed by atoms with E-state index in [1.165, 1.54) is 0 Å². The van der Waals surface area contributed by atoms with Gasteiger partial charge in [-0.2, -0.15) is 0 Å². The van der Waals surface area contributed by atoms with Crippen LogP contribution in [0.2, 0.25) is 0 Å². The van der Waals surface area contributed by atoms with Gasteiger partial charge in [0.2, 0.25) is 0 Å². The molecule has 1 fully saturated rings. The van der Waals surface area contributed by atoms with E-state index in [2.05, 4.69) is 15.6 Å². The first-order valence-corrected chi connectivity index (χ1v) is 9.08. The predicted molar refractivity (Wildman–Crippen MR) is 100 cm³/mol. The number of urea groups is 1. The molecular weight excluding hydrogens is 346 g/mol. The van der Waals surface area contributed by atoms with Crippen LogP contribution in [0.5, 0.6) is 0 Å². The summed E-state index contributed by atoms with van der Waals surface area (Å²) in [5.74, 6) is -1.31. The summed E-state index contributed by atoms with van der Waals surface area (Å²) in [6.45, 7) is 3.14. The molecule has 1 aromatic heterocycles. The fourth-order valence-corrected chi connectivity index (χ4v) is 3.26. The molecule has 1 aliphatic carbocycles. The summed E-state index contributed by atoms with van der Waals surface area (Å²) < 4.78 is 5.05. The van der Waals surface area contributed by atoms with Crippen LogP contribution in [0.4, 0.5) is 4.79 Å². The highest BCUT2D eigenvalue weighted by Crippen LogP contribution is 2.19. The smallest absolute Gasteiger partial charge is 0.340 e. The van der Waals surface area contributed by atoms with Crippen LogP contribution in [-0.4, -0.2) is 35.5 Å². The molecule has 0 spiro atoms. The third kappa shape index (κ3) is 4.81. The van der Waals surface area contributed by atoms with Gasteiger partial charge >= 0.3 is 12.0 Å². The summed E-state index contributed by atoms with van der Waals surface area (Å²) >= 11 is 0. The average Bonchev–Trinajstić information content (AvgIpc) is 3.12. The highest BCUT2D eigenvalue weighted by molar-refractivity contribution is 5.98. The van der Waals surface area contributed by atoms with Gasteiger partial charge in [0.05, 0.1) is 16.8 Å². The van der Waals surface area contributed by atoms with Gasteiger partial charge in [-0.25, -0.2) is 9.59 Å². The summed E-state index contributed by atoms with van der Waals surface area (Å²) in [6.07, 6.45) is 4.00. The molecule has 1 aliphatic rings. The molecule has 0 aliphatic heterocycles. The van der Waals surface area contributed by atoms with E-state index in [9.17, 15) is 14.4 Å². The van der Waals surface area contributed by atoms with Gasteiger partial charge in [-0.1, -0.05) is 24.5 Å². The van der Waals surface area contributed by atoms with E-state index in [1.807, 2.05) is 25.1 Å². The van der Waals surface area contributed by atoms with E-state index in [-0.39, 0.29) is 6.04 Å². The number of nitrogens with one attached hydrogen (secondary N) is 2. The Morgan fingerprint density at radius 1 is 1.15 bits per heavy atom. The summed E-state index contributed by atoms with van der Waals surface area (Å²) in [5.41, 5.74) is 2.67. The molecule has 0 unspecified atom stereocenters. The molecule has 1 heterocycles. The second-order valence-electron chi connectivity index (χ2n) is 6.90. The number of esters is 1. The van der Waals surface area contributed by atoms with Crippen LogP contribution in [0.1, 0.15) is 47.3 Å². The Morgan fingerprint density at radius 3 is 2.63 bits per heavy atom. The molecule has 2 aromatic rings. The van der Waals surface area contributed by atoms with E-state index in [0.717, 1.165) is 42.1 Å². The standard InChI is InChI=1S/C20H23N3O4/c1-12-7-8-17-14(9-12)10-16(13(2)21-17)19(25)27-11-18(24)23-20(26)22-15-5-3-4-6-15/h7-10,15H,3-6,11H2,1-2H3,(H2,22,23,24,26). The van der Waals surface area contributed by atoms with Crippen LogP contribution in [-0.2, 0) is 9.53 Å². The lowest BCUT2D eigenvalue weighted by Crippen LogP contribution is -2.45. The first-order chi connectivity index (χ1) is 12.9. The molecule has 27 heavy (non-hydrogen) atoms. The van der Waals surface area contributed by atoms with Gasteiger partial charge in [0.25, 0.3) is 5.91 Å². The maximum Gasteiger partial charge on any atom is 0.340 e. The normalized spacial score (nSPS) is 14.1.